The zero-order valence-corrected chi connectivity index (χ0v) is 16.7. The Morgan fingerprint density at radius 1 is 1.07 bits per heavy atom. The van der Waals surface area contributed by atoms with Crippen molar-refractivity contribution in [2.24, 2.45) is 0 Å². The molecule has 2 rings (SSSR count). The van der Waals surface area contributed by atoms with Crippen molar-refractivity contribution in [3.05, 3.63) is 64.5 Å². The summed E-state index contributed by atoms with van der Waals surface area (Å²) < 4.78 is 9.64. The van der Waals surface area contributed by atoms with E-state index in [-0.39, 0.29) is 33.8 Å². The third kappa shape index (κ3) is 4.61. The lowest BCUT2D eigenvalue weighted by atomic mass is 10.1. The average molecular weight is 405 g/mol. The second-order valence-corrected chi connectivity index (χ2v) is 6.52. The van der Waals surface area contributed by atoms with Gasteiger partial charge >= 0.3 is 11.9 Å². The molecule has 148 valence electrons. The van der Waals surface area contributed by atoms with Crippen molar-refractivity contribution >= 4 is 35.1 Å². The molecule has 1 heterocycles. The second kappa shape index (κ2) is 9.23. The van der Waals surface area contributed by atoms with Gasteiger partial charge in [0.25, 0.3) is 5.91 Å². The van der Waals surface area contributed by atoms with E-state index in [0.717, 1.165) is 0 Å². The molecule has 1 N–H and O–H groups in total. The first-order valence-electron chi connectivity index (χ1n) is 8.45. The third-order valence-corrected chi connectivity index (χ3v) is 4.11. The molecule has 0 fully saturated rings. The van der Waals surface area contributed by atoms with Crippen LogP contribution in [0.5, 0.6) is 0 Å². The molecule has 0 aliphatic carbocycles. The van der Waals surface area contributed by atoms with E-state index in [1.807, 2.05) is 13.8 Å². The van der Waals surface area contributed by atoms with Gasteiger partial charge in [-0.3, -0.25) is 4.79 Å². The van der Waals surface area contributed by atoms with E-state index in [1.165, 1.54) is 31.3 Å². The highest BCUT2D eigenvalue weighted by Crippen LogP contribution is 2.29. The molecular weight excluding hydrogens is 384 g/mol. The molecule has 0 radical (unpaired) electrons. The number of hydrogen-bond donors (Lipinski definition) is 1. The van der Waals surface area contributed by atoms with Gasteiger partial charge in [0, 0.05) is 17.9 Å². The van der Waals surface area contributed by atoms with Crippen LogP contribution in [0.3, 0.4) is 0 Å². The van der Waals surface area contributed by atoms with Crippen LogP contribution in [0.1, 0.15) is 24.2 Å². The summed E-state index contributed by atoms with van der Waals surface area (Å²) in [6.07, 6.45) is 6.27. The van der Waals surface area contributed by atoms with Gasteiger partial charge in [-0.15, -0.1) is 0 Å². The summed E-state index contributed by atoms with van der Waals surface area (Å²) in [5, 5.41) is 3.03. The number of rotatable bonds is 5. The lowest BCUT2D eigenvalue weighted by Gasteiger charge is -2.24. The van der Waals surface area contributed by atoms with E-state index in [4.69, 9.17) is 21.1 Å². The predicted octanol–water partition coefficient (Wildman–Crippen LogP) is 2.97. The van der Waals surface area contributed by atoms with Gasteiger partial charge in [-0.1, -0.05) is 17.7 Å². The summed E-state index contributed by atoms with van der Waals surface area (Å²) in [4.78, 5) is 38.6. The van der Waals surface area contributed by atoms with Crippen LogP contribution in [0.15, 0.2) is 53.9 Å². The van der Waals surface area contributed by atoms with Gasteiger partial charge in [-0.25, -0.2) is 9.59 Å². The normalized spacial score (nSPS) is 13.4. The number of anilines is 1. The van der Waals surface area contributed by atoms with Gasteiger partial charge in [-0.05, 0) is 44.2 Å². The number of amides is 1. The van der Waals surface area contributed by atoms with Crippen LogP contribution in [0.2, 0.25) is 5.02 Å². The number of methoxy groups -OCH3 is 2. The number of nitrogens with zero attached hydrogens (tertiary/aromatic N) is 1. The minimum atomic E-state index is -0.736. The Morgan fingerprint density at radius 3 is 2.36 bits per heavy atom. The fraction of sp³-hybridized carbons (Fsp3) is 0.250. The number of allylic oxidation sites excluding steroid dienone is 2. The van der Waals surface area contributed by atoms with E-state index >= 15 is 0 Å². The van der Waals surface area contributed by atoms with Crippen molar-refractivity contribution in [3.8, 4) is 0 Å². The molecule has 7 nitrogen and oxygen atoms in total. The number of nitrogens with one attached hydrogen (secondary N) is 1. The molecule has 0 bridgehead atoms. The molecule has 0 spiro atoms. The number of carbonyl (C=O) groups excluding carboxylic acids is 3. The maximum absolute atomic E-state index is 12.5. The van der Waals surface area contributed by atoms with Gasteiger partial charge in [0.2, 0.25) is 0 Å². The second-order valence-electron chi connectivity index (χ2n) is 6.11. The predicted molar refractivity (Wildman–Crippen MR) is 106 cm³/mol. The van der Waals surface area contributed by atoms with Crippen LogP contribution in [0.25, 0.3) is 0 Å². The maximum Gasteiger partial charge on any atom is 0.355 e. The molecule has 0 aromatic heterocycles. The van der Waals surface area contributed by atoms with Crippen LogP contribution in [-0.2, 0) is 19.1 Å². The van der Waals surface area contributed by atoms with Gasteiger partial charge < -0.3 is 19.7 Å². The number of benzene rings is 1. The zero-order valence-electron chi connectivity index (χ0n) is 16.0. The summed E-state index contributed by atoms with van der Waals surface area (Å²) in [5.74, 6) is -1.78. The van der Waals surface area contributed by atoms with E-state index in [9.17, 15) is 14.4 Å². The van der Waals surface area contributed by atoms with Gasteiger partial charge in [0.05, 0.1) is 30.4 Å². The number of ether oxygens (including phenoxy) is 2. The molecule has 0 atom stereocenters. The average Bonchev–Trinajstić information content (AvgIpc) is 2.89. The van der Waals surface area contributed by atoms with Crippen molar-refractivity contribution in [2.45, 2.75) is 19.9 Å². The van der Waals surface area contributed by atoms with E-state index < -0.39 is 11.9 Å². The monoisotopic (exact) mass is 404 g/mol. The highest BCUT2D eigenvalue weighted by Gasteiger charge is 2.28. The largest absolute Gasteiger partial charge is 0.465 e. The Balaban J connectivity index is 2.62. The summed E-state index contributed by atoms with van der Waals surface area (Å²) in [6.45, 7) is 3.67. The Morgan fingerprint density at radius 2 is 1.75 bits per heavy atom. The molecule has 1 amide bonds. The van der Waals surface area contributed by atoms with Crippen molar-refractivity contribution in [1.29, 1.82) is 0 Å². The minimum Gasteiger partial charge on any atom is -0.465 e. The molecule has 1 aromatic carbocycles. The highest BCUT2D eigenvalue weighted by molar-refractivity contribution is 6.34. The molecule has 1 aromatic rings. The highest BCUT2D eigenvalue weighted by atomic mass is 35.5. The van der Waals surface area contributed by atoms with E-state index in [0.29, 0.717) is 5.69 Å². The first-order chi connectivity index (χ1) is 13.3. The molecule has 0 saturated heterocycles. The molecule has 1 aliphatic heterocycles. The van der Waals surface area contributed by atoms with Crippen LogP contribution < -0.4 is 10.2 Å². The Hall–Kier alpha value is -3.06. The van der Waals surface area contributed by atoms with E-state index in [2.05, 4.69) is 5.32 Å². The fourth-order valence-electron chi connectivity index (χ4n) is 2.54. The quantitative estimate of drug-likeness (QED) is 0.759. The van der Waals surface area contributed by atoms with Crippen molar-refractivity contribution in [1.82, 2.24) is 5.32 Å². The standard InChI is InChI=1S/C20H21ClN2O5/c1-12(2)22-18(24)15-11-13(8-9-16(15)21)23-10-6-5-7-14(19(25)27-3)17(23)20(26)28-4/h5-12H,1-4H3,(H,22,24). The van der Waals surface area contributed by atoms with Crippen LogP contribution >= 0.6 is 11.6 Å². The maximum atomic E-state index is 12.5. The Kier molecular flexibility index (Phi) is 7.00. The molecule has 28 heavy (non-hydrogen) atoms. The smallest absolute Gasteiger partial charge is 0.355 e. The molecule has 0 unspecified atom stereocenters. The van der Waals surface area contributed by atoms with Gasteiger partial charge in [0.1, 0.15) is 5.70 Å². The first-order valence-corrected chi connectivity index (χ1v) is 8.83. The lowest BCUT2D eigenvalue weighted by molar-refractivity contribution is -0.139. The van der Waals surface area contributed by atoms with Gasteiger partial charge in [-0.2, -0.15) is 0 Å². The SMILES string of the molecule is COC(=O)C1=C(C(=O)OC)N(c2ccc(Cl)c(C(=O)NC(C)C)c2)C=CC=C1. The van der Waals surface area contributed by atoms with Gasteiger partial charge in [0.15, 0.2) is 0 Å². The number of halogens is 1. The third-order valence-electron chi connectivity index (χ3n) is 3.78. The summed E-state index contributed by atoms with van der Waals surface area (Å²) in [6, 6.07) is 4.63. The number of carbonyl (C=O) groups is 3. The number of esters is 2. The van der Waals surface area contributed by atoms with Crippen LogP contribution in [-0.4, -0.2) is 38.1 Å². The zero-order chi connectivity index (χ0) is 20.8. The summed E-state index contributed by atoms with van der Waals surface area (Å²) in [5.41, 5.74) is 0.654. The minimum absolute atomic E-state index is 0.0162. The topological polar surface area (TPSA) is 84.9 Å². The van der Waals surface area contributed by atoms with Crippen molar-refractivity contribution in [3.63, 3.8) is 0 Å². The van der Waals surface area contributed by atoms with Crippen LogP contribution in [0, 0.1) is 0 Å². The molecular formula is C20H21ClN2O5. The summed E-state index contributed by atoms with van der Waals surface area (Å²) in [7, 11) is 2.43. The Bertz CT molecular complexity index is 887. The molecule has 0 saturated carbocycles. The summed E-state index contributed by atoms with van der Waals surface area (Å²) >= 11 is 6.19. The molecule has 1 aliphatic rings. The van der Waals surface area contributed by atoms with E-state index in [1.54, 1.807) is 30.5 Å². The van der Waals surface area contributed by atoms with Crippen molar-refractivity contribution < 1.29 is 23.9 Å². The first kappa shape index (κ1) is 21.2. The lowest BCUT2D eigenvalue weighted by Crippen LogP contribution is -2.31. The fourth-order valence-corrected chi connectivity index (χ4v) is 2.75. The van der Waals surface area contributed by atoms with Crippen LogP contribution in [0.4, 0.5) is 5.69 Å². The molecule has 8 heteroatoms. The van der Waals surface area contributed by atoms with Crippen molar-refractivity contribution in [2.75, 3.05) is 19.1 Å². The Labute approximate surface area is 168 Å². The number of hydrogen-bond acceptors (Lipinski definition) is 6.